The summed E-state index contributed by atoms with van der Waals surface area (Å²) in [6.45, 7) is 4.00. The molecule has 0 radical (unpaired) electrons. The summed E-state index contributed by atoms with van der Waals surface area (Å²) in [7, 11) is 0. The Kier molecular flexibility index (Phi) is 2.32. The van der Waals surface area contributed by atoms with Gasteiger partial charge in [-0.15, -0.1) is 0 Å². The first kappa shape index (κ1) is 11.5. The molecule has 1 aromatic heterocycles. The van der Waals surface area contributed by atoms with Crippen LogP contribution in [-0.2, 0) is 17.8 Å². The lowest BCUT2D eigenvalue weighted by Crippen LogP contribution is -2.66. The highest BCUT2D eigenvalue weighted by molar-refractivity contribution is 5.81. The Morgan fingerprint density at radius 3 is 2.84 bits per heavy atom. The van der Waals surface area contributed by atoms with Crippen molar-refractivity contribution in [1.29, 1.82) is 0 Å². The molecule has 2 fully saturated rings. The molecule has 4 nitrogen and oxygen atoms in total. The maximum absolute atomic E-state index is 12.7. The Balaban J connectivity index is 1.50. The number of nitrogens with zero attached hydrogens (tertiary/aromatic N) is 3. The first-order valence-electron chi connectivity index (χ1n) is 7.52. The van der Waals surface area contributed by atoms with E-state index in [1.165, 1.54) is 31.4 Å². The number of hydrogen-bond donors (Lipinski definition) is 0. The predicted molar refractivity (Wildman–Crippen MR) is 71.7 cm³/mol. The molecule has 4 rings (SSSR count). The molecule has 4 heteroatoms. The minimum absolute atomic E-state index is 0.196. The standard InChI is InChI=1S/C15H21N3O/c1-11-16-10-13-9-12(3-7-17(11)13)14(19)18-8-6-15(18)4-2-5-15/h10,12H,2-9H2,1H3. The average molecular weight is 259 g/mol. The molecule has 3 heterocycles. The Morgan fingerprint density at radius 2 is 2.21 bits per heavy atom. The minimum Gasteiger partial charge on any atom is -0.337 e. The van der Waals surface area contributed by atoms with Crippen LogP contribution in [0.25, 0.3) is 0 Å². The van der Waals surface area contributed by atoms with Crippen molar-refractivity contribution in [2.24, 2.45) is 5.92 Å². The smallest absolute Gasteiger partial charge is 0.226 e. The van der Waals surface area contributed by atoms with Gasteiger partial charge in [0, 0.05) is 42.9 Å². The maximum Gasteiger partial charge on any atom is 0.226 e. The second kappa shape index (κ2) is 3.84. The van der Waals surface area contributed by atoms with E-state index in [2.05, 4.69) is 14.5 Å². The largest absolute Gasteiger partial charge is 0.337 e. The molecule has 1 saturated heterocycles. The summed E-state index contributed by atoms with van der Waals surface area (Å²) in [6.07, 6.45) is 8.83. The molecule has 1 aliphatic carbocycles. The van der Waals surface area contributed by atoms with Gasteiger partial charge in [-0.25, -0.2) is 4.98 Å². The summed E-state index contributed by atoms with van der Waals surface area (Å²) in [4.78, 5) is 19.3. The monoisotopic (exact) mass is 259 g/mol. The fraction of sp³-hybridized carbons (Fsp3) is 0.733. The Hall–Kier alpha value is -1.32. The second-order valence-electron chi connectivity index (χ2n) is 6.46. The third kappa shape index (κ3) is 1.52. The van der Waals surface area contributed by atoms with E-state index in [1.807, 2.05) is 13.1 Å². The topological polar surface area (TPSA) is 38.1 Å². The van der Waals surface area contributed by atoms with Crippen molar-refractivity contribution in [3.05, 3.63) is 17.7 Å². The third-order valence-electron chi connectivity index (χ3n) is 5.57. The van der Waals surface area contributed by atoms with Crippen LogP contribution in [0.1, 0.15) is 43.6 Å². The second-order valence-corrected chi connectivity index (χ2v) is 6.46. The van der Waals surface area contributed by atoms with Crippen LogP contribution in [0.3, 0.4) is 0 Å². The van der Waals surface area contributed by atoms with Crippen LogP contribution < -0.4 is 0 Å². The highest BCUT2D eigenvalue weighted by Crippen LogP contribution is 2.48. The van der Waals surface area contributed by atoms with Gasteiger partial charge in [0.15, 0.2) is 0 Å². The van der Waals surface area contributed by atoms with Gasteiger partial charge in [0.1, 0.15) is 5.82 Å². The van der Waals surface area contributed by atoms with E-state index in [9.17, 15) is 4.79 Å². The number of amides is 1. The van der Waals surface area contributed by atoms with Gasteiger partial charge in [0.2, 0.25) is 5.91 Å². The molecule has 1 aromatic rings. The molecule has 0 aromatic carbocycles. The zero-order chi connectivity index (χ0) is 13.0. The molecule has 0 bridgehead atoms. The maximum atomic E-state index is 12.7. The summed E-state index contributed by atoms with van der Waals surface area (Å²) in [5, 5.41) is 0. The van der Waals surface area contributed by atoms with Gasteiger partial charge in [-0.2, -0.15) is 0 Å². The van der Waals surface area contributed by atoms with Crippen LogP contribution in [0.5, 0.6) is 0 Å². The van der Waals surface area contributed by atoms with Gasteiger partial charge in [-0.1, -0.05) is 0 Å². The van der Waals surface area contributed by atoms with Crippen molar-refractivity contribution >= 4 is 5.91 Å². The van der Waals surface area contributed by atoms with Gasteiger partial charge < -0.3 is 9.47 Å². The molecular formula is C15H21N3O. The lowest BCUT2D eigenvalue weighted by Gasteiger charge is -2.59. The lowest BCUT2D eigenvalue weighted by molar-refractivity contribution is -0.161. The van der Waals surface area contributed by atoms with Crippen molar-refractivity contribution in [3.63, 3.8) is 0 Å². The first-order chi connectivity index (χ1) is 9.20. The van der Waals surface area contributed by atoms with Crippen LogP contribution in [0.15, 0.2) is 6.20 Å². The van der Waals surface area contributed by atoms with Gasteiger partial charge in [0.05, 0.1) is 0 Å². The van der Waals surface area contributed by atoms with Crippen LogP contribution in [-0.4, -0.2) is 32.4 Å². The van der Waals surface area contributed by atoms with Crippen molar-refractivity contribution in [2.45, 2.75) is 57.5 Å². The molecule has 1 spiro atoms. The van der Waals surface area contributed by atoms with E-state index < -0.39 is 0 Å². The molecule has 19 heavy (non-hydrogen) atoms. The molecular weight excluding hydrogens is 238 g/mol. The van der Waals surface area contributed by atoms with Crippen LogP contribution in [0, 0.1) is 12.8 Å². The van der Waals surface area contributed by atoms with E-state index in [0.29, 0.717) is 11.4 Å². The Labute approximate surface area is 113 Å². The first-order valence-corrected chi connectivity index (χ1v) is 7.52. The number of rotatable bonds is 1. The van der Waals surface area contributed by atoms with E-state index in [0.717, 1.165) is 31.8 Å². The molecule has 102 valence electrons. The number of fused-ring (bicyclic) bond motifs is 1. The van der Waals surface area contributed by atoms with Crippen LogP contribution in [0.4, 0.5) is 0 Å². The zero-order valence-electron chi connectivity index (χ0n) is 11.6. The summed E-state index contributed by atoms with van der Waals surface area (Å²) in [5.41, 5.74) is 1.54. The summed E-state index contributed by atoms with van der Waals surface area (Å²) in [6, 6.07) is 0. The average Bonchev–Trinajstić information content (AvgIpc) is 2.67. The number of carbonyl (C=O) groups is 1. The number of aromatic nitrogens is 2. The third-order valence-corrected chi connectivity index (χ3v) is 5.57. The molecule has 1 saturated carbocycles. The van der Waals surface area contributed by atoms with Crippen molar-refractivity contribution in [3.8, 4) is 0 Å². The molecule has 1 unspecified atom stereocenters. The number of aryl methyl sites for hydroxylation is 1. The van der Waals surface area contributed by atoms with Gasteiger partial charge in [-0.05, 0) is 39.0 Å². The van der Waals surface area contributed by atoms with Crippen molar-refractivity contribution in [2.75, 3.05) is 6.54 Å². The number of carbonyl (C=O) groups excluding carboxylic acids is 1. The normalized spacial score (nSPS) is 27.6. The van der Waals surface area contributed by atoms with Crippen molar-refractivity contribution in [1.82, 2.24) is 14.5 Å². The van der Waals surface area contributed by atoms with Crippen molar-refractivity contribution < 1.29 is 4.79 Å². The van der Waals surface area contributed by atoms with Gasteiger partial charge in [0.25, 0.3) is 0 Å². The SMILES string of the molecule is Cc1ncc2n1CCC(C(=O)N1CCC13CCC3)C2. The van der Waals surface area contributed by atoms with E-state index >= 15 is 0 Å². The quantitative estimate of drug-likeness (QED) is 0.772. The zero-order valence-corrected chi connectivity index (χ0v) is 11.6. The number of hydrogen-bond acceptors (Lipinski definition) is 2. The van der Waals surface area contributed by atoms with E-state index in [4.69, 9.17) is 0 Å². The highest BCUT2D eigenvalue weighted by atomic mass is 16.2. The number of imidazole rings is 1. The van der Waals surface area contributed by atoms with E-state index in [1.54, 1.807) is 0 Å². The highest BCUT2D eigenvalue weighted by Gasteiger charge is 2.52. The molecule has 2 aliphatic heterocycles. The van der Waals surface area contributed by atoms with E-state index in [-0.39, 0.29) is 5.92 Å². The summed E-state index contributed by atoms with van der Waals surface area (Å²) >= 11 is 0. The molecule has 1 atom stereocenters. The lowest BCUT2D eigenvalue weighted by atomic mass is 9.67. The minimum atomic E-state index is 0.196. The predicted octanol–water partition coefficient (Wildman–Crippen LogP) is 1.91. The van der Waals surface area contributed by atoms with Gasteiger partial charge >= 0.3 is 0 Å². The Bertz CT molecular complexity index is 524. The summed E-state index contributed by atoms with van der Waals surface area (Å²) < 4.78 is 2.26. The Morgan fingerprint density at radius 1 is 1.37 bits per heavy atom. The molecule has 1 amide bonds. The van der Waals surface area contributed by atoms with Gasteiger partial charge in [-0.3, -0.25) is 4.79 Å². The summed E-state index contributed by atoms with van der Waals surface area (Å²) in [5.74, 6) is 1.69. The fourth-order valence-electron chi connectivity index (χ4n) is 4.04. The fourth-order valence-corrected chi connectivity index (χ4v) is 4.04. The molecule has 3 aliphatic rings. The van der Waals surface area contributed by atoms with Crippen LogP contribution >= 0.6 is 0 Å². The van der Waals surface area contributed by atoms with Crippen LogP contribution in [0.2, 0.25) is 0 Å². The molecule has 0 N–H and O–H groups in total. The number of likely N-dealkylation sites (tertiary alicyclic amines) is 1.